The number of rotatable bonds is 4. The van der Waals surface area contributed by atoms with Crippen molar-refractivity contribution in [2.24, 2.45) is 34.3 Å². The van der Waals surface area contributed by atoms with Crippen molar-refractivity contribution in [3.63, 3.8) is 0 Å². The van der Waals surface area contributed by atoms with Gasteiger partial charge in [-0.3, -0.25) is 9.59 Å². The lowest BCUT2D eigenvalue weighted by Crippen LogP contribution is -2.52. The maximum atomic E-state index is 13.2. The van der Waals surface area contributed by atoms with Gasteiger partial charge in [-0.05, 0) is 61.5 Å². The van der Waals surface area contributed by atoms with E-state index in [-0.39, 0.29) is 29.1 Å². The van der Waals surface area contributed by atoms with Crippen LogP contribution in [0.1, 0.15) is 72.1 Å². The lowest BCUT2D eigenvalue weighted by molar-refractivity contribution is -0.152. The van der Waals surface area contributed by atoms with Crippen LogP contribution in [0.4, 0.5) is 0 Å². The van der Waals surface area contributed by atoms with Crippen molar-refractivity contribution in [3.05, 3.63) is 30.3 Å². The number of nitrogens with two attached hydrogens (primary N) is 1. The first kappa shape index (κ1) is 20.9. The molecule has 1 aromatic carbocycles. The average molecular weight is 386 g/mol. The Morgan fingerprint density at radius 2 is 1.68 bits per heavy atom. The number of para-hydroxylation sites is 1. The number of carbonyl (C=O) groups excluding carboxylic acids is 2. The molecular formula is C24H35NO3. The molecule has 0 spiro atoms. The summed E-state index contributed by atoms with van der Waals surface area (Å²) in [6, 6.07) is 9.24. The minimum Gasteiger partial charge on any atom is -0.426 e. The standard InChI is InChI=1S/C24H35NO3/c1-23(2,3)17-12-13-19(21(26)28-18-10-6-4-7-11-18)20(16-17)24(22(25)27)14-8-5-9-15-24/h4,6-7,10-11,17,19-20H,5,8-9,12-16H2,1-3H3,(H2,25,27). The predicted octanol–water partition coefficient (Wildman–Crippen LogP) is 5.11. The van der Waals surface area contributed by atoms with Crippen LogP contribution in [0.3, 0.4) is 0 Å². The predicted molar refractivity (Wildman–Crippen MR) is 111 cm³/mol. The highest BCUT2D eigenvalue weighted by Crippen LogP contribution is 2.54. The summed E-state index contributed by atoms with van der Waals surface area (Å²) in [6.45, 7) is 6.78. The van der Waals surface area contributed by atoms with Gasteiger partial charge in [0, 0.05) is 0 Å². The quantitative estimate of drug-likeness (QED) is 0.578. The van der Waals surface area contributed by atoms with Crippen LogP contribution >= 0.6 is 0 Å². The minimum absolute atomic E-state index is 0.0283. The molecule has 2 aliphatic rings. The minimum atomic E-state index is -0.567. The molecule has 2 N–H and O–H groups in total. The SMILES string of the molecule is CC(C)(C)C1CCC(C(=O)Oc2ccccc2)C(C2(C(N)=O)CCCCC2)C1. The van der Waals surface area contributed by atoms with Gasteiger partial charge in [-0.15, -0.1) is 0 Å². The van der Waals surface area contributed by atoms with Gasteiger partial charge in [0.05, 0.1) is 11.3 Å². The van der Waals surface area contributed by atoms with E-state index in [9.17, 15) is 9.59 Å². The molecule has 0 bridgehead atoms. The number of hydrogen-bond acceptors (Lipinski definition) is 3. The van der Waals surface area contributed by atoms with Crippen LogP contribution < -0.4 is 10.5 Å². The molecule has 0 saturated heterocycles. The molecule has 0 heterocycles. The van der Waals surface area contributed by atoms with Crippen molar-refractivity contribution in [2.45, 2.75) is 72.1 Å². The fraction of sp³-hybridized carbons (Fsp3) is 0.667. The van der Waals surface area contributed by atoms with Crippen molar-refractivity contribution in [3.8, 4) is 5.75 Å². The molecule has 4 heteroatoms. The largest absolute Gasteiger partial charge is 0.426 e. The van der Waals surface area contributed by atoms with Gasteiger partial charge in [0.1, 0.15) is 5.75 Å². The van der Waals surface area contributed by atoms with Gasteiger partial charge in [-0.25, -0.2) is 0 Å². The third kappa shape index (κ3) is 4.26. The Labute approximate surface area is 169 Å². The van der Waals surface area contributed by atoms with Gasteiger partial charge < -0.3 is 10.5 Å². The third-order valence-electron chi connectivity index (χ3n) is 7.29. The van der Waals surface area contributed by atoms with Crippen molar-refractivity contribution in [1.82, 2.24) is 0 Å². The molecule has 0 aliphatic heterocycles. The Kier molecular flexibility index (Phi) is 6.16. The highest BCUT2D eigenvalue weighted by atomic mass is 16.5. The molecule has 2 fully saturated rings. The van der Waals surface area contributed by atoms with Crippen molar-refractivity contribution >= 4 is 11.9 Å². The van der Waals surface area contributed by atoms with E-state index in [1.807, 2.05) is 18.2 Å². The fourth-order valence-electron chi connectivity index (χ4n) is 5.51. The second-order valence-electron chi connectivity index (χ2n) is 9.90. The van der Waals surface area contributed by atoms with E-state index in [0.29, 0.717) is 11.7 Å². The Balaban J connectivity index is 1.90. The number of primary amides is 1. The van der Waals surface area contributed by atoms with E-state index in [0.717, 1.165) is 51.4 Å². The van der Waals surface area contributed by atoms with E-state index >= 15 is 0 Å². The first-order valence-corrected chi connectivity index (χ1v) is 10.8. The van der Waals surface area contributed by atoms with E-state index in [1.54, 1.807) is 12.1 Å². The molecule has 28 heavy (non-hydrogen) atoms. The number of amides is 1. The number of benzene rings is 1. The Morgan fingerprint density at radius 3 is 2.25 bits per heavy atom. The van der Waals surface area contributed by atoms with Crippen LogP contribution in [0.5, 0.6) is 5.75 Å². The lowest BCUT2D eigenvalue weighted by Gasteiger charge is -2.49. The number of hydrogen-bond donors (Lipinski definition) is 1. The molecule has 0 radical (unpaired) electrons. The molecule has 2 aliphatic carbocycles. The van der Waals surface area contributed by atoms with Gasteiger partial charge in [0.25, 0.3) is 0 Å². The highest BCUT2D eigenvalue weighted by molar-refractivity contribution is 5.83. The second kappa shape index (κ2) is 8.26. The zero-order chi connectivity index (χ0) is 20.4. The van der Waals surface area contributed by atoms with Gasteiger partial charge in [0.15, 0.2) is 0 Å². The zero-order valence-electron chi connectivity index (χ0n) is 17.6. The summed E-state index contributed by atoms with van der Waals surface area (Å²) in [5, 5.41) is 0. The molecule has 3 atom stereocenters. The van der Waals surface area contributed by atoms with Crippen molar-refractivity contribution < 1.29 is 14.3 Å². The Morgan fingerprint density at radius 1 is 1.04 bits per heavy atom. The fourth-order valence-corrected chi connectivity index (χ4v) is 5.51. The van der Waals surface area contributed by atoms with Crippen molar-refractivity contribution in [2.75, 3.05) is 0 Å². The van der Waals surface area contributed by atoms with Gasteiger partial charge in [-0.1, -0.05) is 58.2 Å². The van der Waals surface area contributed by atoms with Crippen LogP contribution in [-0.4, -0.2) is 11.9 Å². The summed E-state index contributed by atoms with van der Waals surface area (Å²) in [5.41, 5.74) is 5.60. The monoisotopic (exact) mass is 385 g/mol. The molecule has 154 valence electrons. The normalized spacial score (nSPS) is 27.8. The smallest absolute Gasteiger partial charge is 0.314 e. The summed E-state index contributed by atoms with van der Waals surface area (Å²) >= 11 is 0. The highest BCUT2D eigenvalue weighted by Gasteiger charge is 2.53. The topological polar surface area (TPSA) is 69.4 Å². The molecule has 4 nitrogen and oxygen atoms in total. The molecule has 2 saturated carbocycles. The van der Waals surface area contributed by atoms with Crippen LogP contribution in [0.2, 0.25) is 0 Å². The second-order valence-corrected chi connectivity index (χ2v) is 9.90. The maximum absolute atomic E-state index is 13.2. The van der Waals surface area contributed by atoms with E-state index in [2.05, 4.69) is 20.8 Å². The number of esters is 1. The Bertz CT molecular complexity index is 686. The molecule has 1 aromatic rings. The lowest BCUT2D eigenvalue weighted by atomic mass is 9.54. The number of carbonyl (C=O) groups is 2. The summed E-state index contributed by atoms with van der Waals surface area (Å²) in [7, 11) is 0. The molecule has 1 amide bonds. The van der Waals surface area contributed by atoms with Gasteiger partial charge in [-0.2, -0.15) is 0 Å². The van der Waals surface area contributed by atoms with Crippen molar-refractivity contribution in [1.29, 1.82) is 0 Å². The first-order chi connectivity index (χ1) is 13.2. The van der Waals surface area contributed by atoms with Gasteiger partial charge in [0.2, 0.25) is 5.91 Å². The zero-order valence-corrected chi connectivity index (χ0v) is 17.6. The molecule has 0 aromatic heterocycles. The summed E-state index contributed by atoms with van der Waals surface area (Å²) in [4.78, 5) is 25.9. The maximum Gasteiger partial charge on any atom is 0.314 e. The third-order valence-corrected chi connectivity index (χ3v) is 7.29. The Hall–Kier alpha value is -1.84. The van der Waals surface area contributed by atoms with E-state index in [1.165, 1.54) is 0 Å². The summed E-state index contributed by atoms with van der Waals surface area (Å²) in [5.74, 6) is 0.348. The summed E-state index contributed by atoms with van der Waals surface area (Å²) in [6.07, 6.45) is 7.42. The van der Waals surface area contributed by atoms with E-state index in [4.69, 9.17) is 10.5 Å². The van der Waals surface area contributed by atoms with Gasteiger partial charge >= 0.3 is 5.97 Å². The number of ether oxygens (including phenoxy) is 1. The van der Waals surface area contributed by atoms with E-state index < -0.39 is 5.41 Å². The molecule has 3 unspecified atom stereocenters. The summed E-state index contributed by atoms with van der Waals surface area (Å²) < 4.78 is 5.73. The average Bonchev–Trinajstić information content (AvgIpc) is 2.68. The molecule has 3 rings (SSSR count). The first-order valence-electron chi connectivity index (χ1n) is 10.8. The van der Waals surface area contributed by atoms with Crippen LogP contribution in [-0.2, 0) is 9.59 Å². The molecular weight excluding hydrogens is 350 g/mol. The van der Waals surface area contributed by atoms with Crippen LogP contribution in [0.25, 0.3) is 0 Å². The van der Waals surface area contributed by atoms with Crippen LogP contribution in [0, 0.1) is 28.6 Å². The van der Waals surface area contributed by atoms with Crippen LogP contribution in [0.15, 0.2) is 30.3 Å².